The van der Waals surface area contributed by atoms with Crippen molar-refractivity contribution in [2.75, 3.05) is 0 Å². The van der Waals surface area contributed by atoms with E-state index in [1.807, 2.05) is 0 Å². The standard InChI is InChI=1S/C18H20F2N4O3/c1-24-9-21-8-15(24)18(27)23-14-5-10(6-16(14)25)17(26)22-7-11-4-12(19)2-3-13(11)20/h2-4,8-10,14,16,25H,5-7H2,1H3,(H,22,26)(H,23,27)/t10-,14+,16+/m0/s1. The number of nitrogens with zero attached hydrogens (tertiary/aromatic N) is 2. The Morgan fingerprint density at radius 1 is 1.33 bits per heavy atom. The van der Waals surface area contributed by atoms with E-state index in [9.17, 15) is 23.5 Å². The van der Waals surface area contributed by atoms with Crippen molar-refractivity contribution in [3.8, 4) is 0 Å². The normalized spacial score (nSPS) is 21.9. The fraction of sp³-hybridized carbons (Fsp3) is 0.389. The van der Waals surface area contributed by atoms with Crippen LogP contribution in [0, 0.1) is 17.6 Å². The number of carbonyl (C=O) groups is 2. The topological polar surface area (TPSA) is 96.2 Å². The fourth-order valence-electron chi connectivity index (χ4n) is 3.21. The number of aromatic nitrogens is 2. The largest absolute Gasteiger partial charge is 0.391 e. The van der Waals surface area contributed by atoms with E-state index in [1.165, 1.54) is 12.5 Å². The monoisotopic (exact) mass is 378 g/mol. The maximum atomic E-state index is 13.6. The lowest BCUT2D eigenvalue weighted by Crippen LogP contribution is -2.40. The summed E-state index contributed by atoms with van der Waals surface area (Å²) in [4.78, 5) is 28.4. The molecule has 3 N–H and O–H groups in total. The molecule has 1 aliphatic rings. The van der Waals surface area contributed by atoms with Gasteiger partial charge in [0.25, 0.3) is 5.91 Å². The SMILES string of the molecule is Cn1cncc1C(=O)N[C@@H]1C[C@H](C(=O)NCc2cc(F)ccc2F)C[C@H]1O. The number of carbonyl (C=O) groups excluding carboxylic acids is 2. The zero-order valence-electron chi connectivity index (χ0n) is 14.7. The number of rotatable bonds is 5. The van der Waals surface area contributed by atoms with E-state index in [0.717, 1.165) is 18.2 Å². The van der Waals surface area contributed by atoms with Crippen LogP contribution in [0.5, 0.6) is 0 Å². The summed E-state index contributed by atoms with van der Waals surface area (Å²) in [5.41, 5.74) is 0.389. The average molecular weight is 378 g/mol. The molecular formula is C18H20F2N4O3. The molecule has 3 atom stereocenters. The molecule has 2 aromatic rings. The van der Waals surface area contributed by atoms with E-state index < -0.39 is 29.7 Å². The predicted molar refractivity (Wildman–Crippen MR) is 91.4 cm³/mol. The highest BCUT2D eigenvalue weighted by atomic mass is 19.1. The van der Waals surface area contributed by atoms with Crippen molar-refractivity contribution in [2.45, 2.75) is 31.5 Å². The highest BCUT2D eigenvalue weighted by Crippen LogP contribution is 2.27. The van der Waals surface area contributed by atoms with Gasteiger partial charge in [-0.15, -0.1) is 0 Å². The predicted octanol–water partition coefficient (Wildman–Crippen LogP) is 0.884. The molecule has 9 heteroatoms. The van der Waals surface area contributed by atoms with Crippen LogP contribution < -0.4 is 10.6 Å². The summed E-state index contributed by atoms with van der Waals surface area (Å²) in [6, 6.07) is 2.45. The Morgan fingerprint density at radius 3 is 2.81 bits per heavy atom. The number of hydrogen-bond donors (Lipinski definition) is 3. The Balaban J connectivity index is 1.55. The smallest absolute Gasteiger partial charge is 0.269 e. The van der Waals surface area contributed by atoms with Crippen molar-refractivity contribution in [1.29, 1.82) is 0 Å². The van der Waals surface area contributed by atoms with Crippen molar-refractivity contribution in [1.82, 2.24) is 20.2 Å². The van der Waals surface area contributed by atoms with E-state index in [4.69, 9.17) is 0 Å². The second kappa shape index (κ2) is 7.83. The summed E-state index contributed by atoms with van der Waals surface area (Å²) in [6.45, 7) is -0.152. The highest BCUT2D eigenvalue weighted by Gasteiger charge is 2.38. The molecule has 3 rings (SSSR count). The zero-order valence-corrected chi connectivity index (χ0v) is 14.7. The fourth-order valence-corrected chi connectivity index (χ4v) is 3.21. The molecule has 0 spiro atoms. The van der Waals surface area contributed by atoms with Crippen LogP contribution in [0.2, 0.25) is 0 Å². The van der Waals surface area contributed by atoms with E-state index in [-0.39, 0.29) is 36.8 Å². The highest BCUT2D eigenvalue weighted by molar-refractivity contribution is 5.92. The van der Waals surface area contributed by atoms with E-state index >= 15 is 0 Å². The molecule has 0 aliphatic heterocycles. The molecule has 1 heterocycles. The van der Waals surface area contributed by atoms with Crippen molar-refractivity contribution in [2.24, 2.45) is 13.0 Å². The maximum Gasteiger partial charge on any atom is 0.269 e. The number of aliphatic hydroxyl groups is 1. The van der Waals surface area contributed by atoms with Crippen molar-refractivity contribution in [3.63, 3.8) is 0 Å². The molecule has 27 heavy (non-hydrogen) atoms. The van der Waals surface area contributed by atoms with Crippen LogP contribution in [0.15, 0.2) is 30.7 Å². The number of amides is 2. The Hall–Kier alpha value is -2.81. The van der Waals surface area contributed by atoms with Crippen LogP contribution in [0.25, 0.3) is 0 Å². The first-order valence-corrected chi connectivity index (χ1v) is 8.52. The lowest BCUT2D eigenvalue weighted by molar-refractivity contribution is -0.125. The van der Waals surface area contributed by atoms with Crippen molar-refractivity contribution in [3.05, 3.63) is 53.6 Å². The Kier molecular flexibility index (Phi) is 5.50. The third kappa shape index (κ3) is 4.30. The minimum Gasteiger partial charge on any atom is -0.391 e. The van der Waals surface area contributed by atoms with Crippen LogP contribution >= 0.6 is 0 Å². The molecule has 1 aromatic heterocycles. The van der Waals surface area contributed by atoms with Gasteiger partial charge in [0.05, 0.1) is 24.7 Å². The molecule has 2 amide bonds. The molecule has 1 aromatic carbocycles. The van der Waals surface area contributed by atoms with Gasteiger partial charge >= 0.3 is 0 Å². The lowest BCUT2D eigenvalue weighted by Gasteiger charge is -2.16. The first kappa shape index (κ1) is 19.0. The quantitative estimate of drug-likeness (QED) is 0.720. The van der Waals surface area contributed by atoms with Crippen molar-refractivity contribution >= 4 is 11.8 Å². The lowest BCUT2D eigenvalue weighted by atomic mass is 10.1. The first-order chi connectivity index (χ1) is 12.8. The number of nitrogens with one attached hydrogen (secondary N) is 2. The maximum absolute atomic E-state index is 13.6. The summed E-state index contributed by atoms with van der Waals surface area (Å²) in [5, 5.41) is 15.4. The minimum atomic E-state index is -0.871. The van der Waals surface area contributed by atoms with Crippen LogP contribution in [0.4, 0.5) is 8.78 Å². The van der Waals surface area contributed by atoms with E-state index in [0.29, 0.717) is 5.69 Å². The molecular weight excluding hydrogens is 358 g/mol. The van der Waals surface area contributed by atoms with Gasteiger partial charge in [-0.25, -0.2) is 13.8 Å². The van der Waals surface area contributed by atoms with Gasteiger partial charge in [0, 0.05) is 25.1 Å². The van der Waals surface area contributed by atoms with Gasteiger partial charge in [-0.2, -0.15) is 0 Å². The van der Waals surface area contributed by atoms with Gasteiger partial charge in [-0.1, -0.05) is 0 Å². The molecule has 0 saturated heterocycles. The number of aliphatic hydroxyl groups excluding tert-OH is 1. The zero-order chi connectivity index (χ0) is 19.6. The molecule has 144 valence electrons. The van der Waals surface area contributed by atoms with Gasteiger partial charge in [-0.05, 0) is 31.0 Å². The van der Waals surface area contributed by atoms with Gasteiger partial charge in [0.1, 0.15) is 17.3 Å². The second-order valence-corrected chi connectivity index (χ2v) is 6.66. The molecule has 0 radical (unpaired) electrons. The molecule has 7 nitrogen and oxygen atoms in total. The Morgan fingerprint density at radius 2 is 2.11 bits per heavy atom. The van der Waals surface area contributed by atoms with Crippen LogP contribution in [-0.2, 0) is 18.4 Å². The molecule has 1 aliphatic carbocycles. The van der Waals surface area contributed by atoms with Crippen LogP contribution in [0.3, 0.4) is 0 Å². The third-order valence-corrected chi connectivity index (χ3v) is 4.73. The second-order valence-electron chi connectivity index (χ2n) is 6.66. The molecule has 1 fully saturated rings. The Bertz CT molecular complexity index is 855. The number of benzene rings is 1. The number of hydrogen-bond acceptors (Lipinski definition) is 4. The summed E-state index contributed by atoms with van der Waals surface area (Å²) < 4.78 is 28.4. The first-order valence-electron chi connectivity index (χ1n) is 8.52. The Labute approximate surface area is 154 Å². The van der Waals surface area contributed by atoms with Crippen LogP contribution in [0.1, 0.15) is 28.9 Å². The summed E-state index contributed by atoms with van der Waals surface area (Å²) in [6.07, 6.45) is 2.45. The number of imidazole rings is 1. The molecule has 0 bridgehead atoms. The average Bonchev–Trinajstić information content (AvgIpc) is 3.21. The van der Waals surface area contributed by atoms with Gasteiger partial charge in [0.2, 0.25) is 5.91 Å². The third-order valence-electron chi connectivity index (χ3n) is 4.73. The van der Waals surface area contributed by atoms with Gasteiger partial charge in [-0.3, -0.25) is 9.59 Å². The van der Waals surface area contributed by atoms with Gasteiger partial charge in [0.15, 0.2) is 0 Å². The summed E-state index contributed by atoms with van der Waals surface area (Å²) in [7, 11) is 1.68. The molecule has 0 unspecified atom stereocenters. The van der Waals surface area contributed by atoms with E-state index in [1.54, 1.807) is 11.6 Å². The number of aryl methyl sites for hydroxylation is 1. The number of halogens is 2. The van der Waals surface area contributed by atoms with Crippen molar-refractivity contribution < 1.29 is 23.5 Å². The molecule has 1 saturated carbocycles. The summed E-state index contributed by atoms with van der Waals surface area (Å²) in [5.74, 6) is -2.50. The van der Waals surface area contributed by atoms with Gasteiger partial charge < -0.3 is 20.3 Å². The van der Waals surface area contributed by atoms with Crippen LogP contribution in [-0.4, -0.2) is 38.6 Å². The van der Waals surface area contributed by atoms with E-state index in [2.05, 4.69) is 15.6 Å². The summed E-state index contributed by atoms with van der Waals surface area (Å²) >= 11 is 0. The minimum absolute atomic E-state index is 0.0444.